The fourth-order valence-corrected chi connectivity index (χ4v) is 1.06. The maximum Gasteiger partial charge on any atom is 0.114 e. The highest BCUT2D eigenvalue weighted by molar-refractivity contribution is 7.80. The van der Waals surface area contributed by atoms with Crippen molar-refractivity contribution in [1.82, 2.24) is 9.78 Å². The number of nitriles is 1. The number of aryl methyl sites for hydroxylation is 1. The topological polar surface area (TPSA) is 67.6 Å². The molecule has 0 amide bonds. The highest BCUT2D eigenvalue weighted by Crippen LogP contribution is 2.05. The average Bonchev–Trinajstić information content (AvgIpc) is 2.61. The summed E-state index contributed by atoms with van der Waals surface area (Å²) in [7, 11) is 0. The third-order valence-corrected chi connectivity index (χ3v) is 1.89. The summed E-state index contributed by atoms with van der Waals surface area (Å²) in [5.41, 5.74) is 6.48. The van der Waals surface area contributed by atoms with Gasteiger partial charge < -0.3 is 5.73 Å². The van der Waals surface area contributed by atoms with Crippen LogP contribution in [0.15, 0.2) is 18.0 Å². The van der Waals surface area contributed by atoms with Crippen molar-refractivity contribution < 1.29 is 0 Å². The molecule has 1 heterocycles. The molecular formula is C9H10N4S. The Morgan fingerprint density at radius 1 is 1.86 bits per heavy atom. The van der Waals surface area contributed by atoms with Gasteiger partial charge in [0.25, 0.3) is 0 Å². The molecule has 1 aromatic rings. The van der Waals surface area contributed by atoms with Crippen LogP contribution in [0.2, 0.25) is 0 Å². The van der Waals surface area contributed by atoms with Gasteiger partial charge in [-0.3, -0.25) is 4.68 Å². The van der Waals surface area contributed by atoms with E-state index in [2.05, 4.69) is 5.10 Å². The average molecular weight is 206 g/mol. The molecule has 72 valence electrons. The normalized spacial score (nSPS) is 11.0. The lowest BCUT2D eigenvalue weighted by atomic mass is 10.2. The van der Waals surface area contributed by atoms with Gasteiger partial charge >= 0.3 is 0 Å². The largest absolute Gasteiger partial charge is 0.389 e. The zero-order valence-corrected chi connectivity index (χ0v) is 8.58. The van der Waals surface area contributed by atoms with E-state index < -0.39 is 0 Å². The summed E-state index contributed by atoms with van der Waals surface area (Å²) in [6.07, 6.45) is 5.12. The summed E-state index contributed by atoms with van der Waals surface area (Å²) in [5, 5.41) is 12.8. The van der Waals surface area contributed by atoms with Crippen molar-refractivity contribution in [3.63, 3.8) is 0 Å². The molecule has 0 saturated carbocycles. The molecule has 0 saturated heterocycles. The van der Waals surface area contributed by atoms with Gasteiger partial charge in [0.2, 0.25) is 0 Å². The Bertz CT molecular complexity index is 411. The van der Waals surface area contributed by atoms with Crippen molar-refractivity contribution in [2.75, 3.05) is 0 Å². The predicted molar refractivity (Wildman–Crippen MR) is 58.3 cm³/mol. The molecule has 1 rings (SSSR count). The van der Waals surface area contributed by atoms with Crippen molar-refractivity contribution in [2.45, 2.75) is 13.5 Å². The van der Waals surface area contributed by atoms with E-state index in [1.54, 1.807) is 17.0 Å². The Morgan fingerprint density at radius 2 is 2.57 bits per heavy atom. The minimum absolute atomic E-state index is 0.108. The number of nitrogens with zero attached hydrogens (tertiary/aromatic N) is 3. The molecule has 0 aromatic carbocycles. The smallest absolute Gasteiger partial charge is 0.114 e. The van der Waals surface area contributed by atoms with E-state index in [0.29, 0.717) is 5.57 Å². The van der Waals surface area contributed by atoms with Gasteiger partial charge in [0.05, 0.1) is 11.8 Å². The number of thiocarbonyl (C=S) groups is 1. The second-order valence-electron chi connectivity index (χ2n) is 2.66. The molecule has 0 unspecified atom stereocenters. The van der Waals surface area contributed by atoms with E-state index in [4.69, 9.17) is 23.2 Å². The lowest BCUT2D eigenvalue weighted by Gasteiger charge is -1.92. The molecule has 0 radical (unpaired) electrons. The SMILES string of the molecule is CCn1cc(/C=C(\C#N)C(N)=S)cn1. The van der Waals surface area contributed by atoms with E-state index in [-0.39, 0.29) is 4.99 Å². The van der Waals surface area contributed by atoms with Gasteiger partial charge in [0.1, 0.15) is 11.1 Å². The molecule has 14 heavy (non-hydrogen) atoms. The summed E-state index contributed by atoms with van der Waals surface area (Å²) >= 11 is 4.71. The fourth-order valence-electron chi connectivity index (χ4n) is 0.952. The summed E-state index contributed by atoms with van der Waals surface area (Å²) in [5.74, 6) is 0. The maximum atomic E-state index is 8.71. The first-order chi connectivity index (χ1) is 6.67. The molecule has 4 nitrogen and oxygen atoms in total. The third kappa shape index (κ3) is 2.41. The summed E-state index contributed by atoms with van der Waals surface area (Å²) in [4.78, 5) is 0.108. The first kappa shape index (κ1) is 10.4. The molecule has 0 atom stereocenters. The summed E-state index contributed by atoms with van der Waals surface area (Å²) in [6, 6.07) is 1.94. The standard InChI is InChI=1S/C9H10N4S/c1-2-13-6-7(5-12-13)3-8(4-10)9(11)14/h3,5-6H,2H2,1H3,(H2,11,14)/b8-3+. The first-order valence-electron chi connectivity index (χ1n) is 4.11. The molecular weight excluding hydrogens is 196 g/mol. The van der Waals surface area contributed by atoms with Crippen molar-refractivity contribution in [3.8, 4) is 6.07 Å². The van der Waals surface area contributed by atoms with E-state index in [9.17, 15) is 0 Å². The van der Waals surface area contributed by atoms with E-state index in [1.807, 2.05) is 19.2 Å². The van der Waals surface area contributed by atoms with E-state index >= 15 is 0 Å². The second-order valence-corrected chi connectivity index (χ2v) is 3.10. The monoisotopic (exact) mass is 206 g/mol. The summed E-state index contributed by atoms with van der Waals surface area (Å²) in [6.45, 7) is 2.78. The maximum absolute atomic E-state index is 8.71. The predicted octanol–water partition coefficient (Wildman–Crippen LogP) is 1.10. The van der Waals surface area contributed by atoms with Gasteiger partial charge in [0, 0.05) is 18.3 Å². The zero-order chi connectivity index (χ0) is 10.6. The highest BCUT2D eigenvalue weighted by Gasteiger charge is 2.00. The van der Waals surface area contributed by atoms with Crippen LogP contribution in [0.3, 0.4) is 0 Å². The van der Waals surface area contributed by atoms with Crippen LogP contribution in [0, 0.1) is 11.3 Å². The first-order valence-corrected chi connectivity index (χ1v) is 4.52. The number of rotatable bonds is 3. The van der Waals surface area contributed by atoms with Gasteiger partial charge in [-0.2, -0.15) is 10.4 Å². The lowest BCUT2D eigenvalue weighted by Crippen LogP contribution is -2.09. The van der Waals surface area contributed by atoms with Crippen LogP contribution < -0.4 is 5.73 Å². The molecule has 1 aromatic heterocycles. The molecule has 0 fully saturated rings. The highest BCUT2D eigenvalue weighted by atomic mass is 32.1. The Morgan fingerprint density at radius 3 is 3.00 bits per heavy atom. The van der Waals surface area contributed by atoms with Crippen molar-refractivity contribution in [2.24, 2.45) is 5.73 Å². The van der Waals surface area contributed by atoms with Gasteiger partial charge in [-0.15, -0.1) is 0 Å². The Balaban J connectivity index is 2.96. The van der Waals surface area contributed by atoms with Gasteiger partial charge in [0.15, 0.2) is 0 Å². The van der Waals surface area contributed by atoms with Crippen molar-refractivity contribution in [3.05, 3.63) is 23.5 Å². The number of hydrogen-bond donors (Lipinski definition) is 1. The van der Waals surface area contributed by atoms with E-state index in [0.717, 1.165) is 12.1 Å². The number of hydrogen-bond acceptors (Lipinski definition) is 3. The zero-order valence-electron chi connectivity index (χ0n) is 7.77. The number of aromatic nitrogens is 2. The fraction of sp³-hybridized carbons (Fsp3) is 0.222. The molecule has 0 aliphatic rings. The summed E-state index contributed by atoms with van der Waals surface area (Å²) < 4.78 is 1.76. The van der Waals surface area contributed by atoms with Crippen LogP contribution in [0.5, 0.6) is 0 Å². The quantitative estimate of drug-likeness (QED) is 0.457. The van der Waals surface area contributed by atoms with Crippen LogP contribution in [0.25, 0.3) is 6.08 Å². The van der Waals surface area contributed by atoms with Gasteiger partial charge in [-0.05, 0) is 13.0 Å². The van der Waals surface area contributed by atoms with Gasteiger partial charge in [-0.1, -0.05) is 12.2 Å². The molecule has 5 heteroatoms. The molecule has 0 aliphatic carbocycles. The van der Waals surface area contributed by atoms with Gasteiger partial charge in [-0.25, -0.2) is 0 Å². The molecule has 2 N–H and O–H groups in total. The minimum atomic E-state index is 0.108. The van der Waals surface area contributed by atoms with Crippen LogP contribution in [-0.4, -0.2) is 14.8 Å². The van der Waals surface area contributed by atoms with E-state index in [1.165, 1.54) is 0 Å². The van der Waals surface area contributed by atoms with Crippen molar-refractivity contribution >= 4 is 23.3 Å². The lowest BCUT2D eigenvalue weighted by molar-refractivity contribution is 0.660. The van der Waals surface area contributed by atoms with Crippen LogP contribution in [-0.2, 0) is 6.54 Å². The minimum Gasteiger partial charge on any atom is -0.389 e. The molecule has 0 spiro atoms. The Kier molecular flexibility index (Phi) is 3.37. The molecule has 0 bridgehead atoms. The van der Waals surface area contributed by atoms with Crippen LogP contribution in [0.1, 0.15) is 12.5 Å². The Hall–Kier alpha value is -1.67. The second kappa shape index (κ2) is 4.53. The van der Waals surface area contributed by atoms with Crippen LogP contribution in [0.4, 0.5) is 0 Å². The molecule has 0 aliphatic heterocycles. The third-order valence-electron chi connectivity index (χ3n) is 1.67. The van der Waals surface area contributed by atoms with Crippen LogP contribution >= 0.6 is 12.2 Å². The van der Waals surface area contributed by atoms with Crippen molar-refractivity contribution in [1.29, 1.82) is 5.26 Å². The Labute approximate surface area is 87.6 Å². The number of nitrogens with two attached hydrogens (primary N) is 1.